The molecular weight excluding hydrogens is 416 g/mol. The molecule has 152 valence electrons. The van der Waals surface area contributed by atoms with Gasteiger partial charge >= 0.3 is 0 Å². The predicted molar refractivity (Wildman–Crippen MR) is 113 cm³/mol. The third-order valence-corrected chi connectivity index (χ3v) is 7.70. The van der Waals surface area contributed by atoms with Crippen LogP contribution in [0.1, 0.15) is 29.0 Å². The van der Waals surface area contributed by atoms with Crippen molar-refractivity contribution in [3.8, 4) is 0 Å². The molecule has 1 fully saturated rings. The smallest absolute Gasteiger partial charge is 0.255 e. The van der Waals surface area contributed by atoms with Gasteiger partial charge in [0.05, 0.1) is 22.5 Å². The average Bonchev–Trinajstić information content (AvgIpc) is 3.40. The summed E-state index contributed by atoms with van der Waals surface area (Å²) in [4.78, 5) is 15.5. The molecular formula is C19H24N2O4S3. The molecule has 1 aromatic heterocycles. The third-order valence-electron chi connectivity index (χ3n) is 4.47. The van der Waals surface area contributed by atoms with Gasteiger partial charge in [0.1, 0.15) is 5.76 Å². The van der Waals surface area contributed by atoms with Crippen LogP contribution in [0.5, 0.6) is 0 Å². The standard InChI is InChI=1S/C19H24N2O4S3/c1-26-18-7-6-16(13-17(18)19(22)21-9-2-3-10-21)28(23,24)20-8-12-27-14-15-5-4-11-25-15/h4-7,11,13,20H,2-3,8-10,12,14H2,1H3. The molecule has 1 aliphatic rings. The first kappa shape index (κ1) is 21.3. The van der Waals surface area contributed by atoms with Gasteiger partial charge in [-0.3, -0.25) is 4.79 Å². The Bertz CT molecular complexity index is 892. The van der Waals surface area contributed by atoms with E-state index >= 15 is 0 Å². The molecule has 1 N–H and O–H groups in total. The van der Waals surface area contributed by atoms with Crippen molar-refractivity contribution in [1.82, 2.24) is 9.62 Å². The Balaban J connectivity index is 1.63. The van der Waals surface area contributed by atoms with Gasteiger partial charge in [0.15, 0.2) is 0 Å². The Hall–Kier alpha value is -1.42. The highest BCUT2D eigenvalue weighted by molar-refractivity contribution is 7.98. The summed E-state index contributed by atoms with van der Waals surface area (Å²) in [5.74, 6) is 2.10. The van der Waals surface area contributed by atoms with Gasteiger partial charge in [0.25, 0.3) is 5.91 Å². The molecule has 6 nitrogen and oxygen atoms in total. The Labute approximate surface area is 174 Å². The van der Waals surface area contributed by atoms with Gasteiger partial charge in [0.2, 0.25) is 10.0 Å². The van der Waals surface area contributed by atoms with Crippen LogP contribution in [0.25, 0.3) is 0 Å². The van der Waals surface area contributed by atoms with Gasteiger partial charge in [-0.05, 0) is 49.4 Å². The fourth-order valence-electron chi connectivity index (χ4n) is 3.01. The van der Waals surface area contributed by atoms with Gasteiger partial charge in [-0.2, -0.15) is 11.8 Å². The molecule has 2 aromatic rings. The number of rotatable bonds is 9. The van der Waals surface area contributed by atoms with E-state index in [1.54, 1.807) is 35.1 Å². The number of furan rings is 1. The highest BCUT2D eigenvalue weighted by atomic mass is 32.2. The molecule has 3 rings (SSSR count). The van der Waals surface area contributed by atoms with E-state index in [2.05, 4.69) is 4.72 Å². The number of benzene rings is 1. The second kappa shape index (κ2) is 9.87. The third kappa shape index (κ3) is 5.34. The Kier molecular flexibility index (Phi) is 7.50. The van der Waals surface area contributed by atoms with Gasteiger partial charge in [-0.1, -0.05) is 0 Å². The van der Waals surface area contributed by atoms with Crippen LogP contribution in [0.3, 0.4) is 0 Å². The van der Waals surface area contributed by atoms with Gasteiger partial charge < -0.3 is 9.32 Å². The summed E-state index contributed by atoms with van der Waals surface area (Å²) in [6.45, 7) is 1.77. The van der Waals surface area contributed by atoms with Crippen molar-refractivity contribution in [1.29, 1.82) is 0 Å². The van der Waals surface area contributed by atoms with E-state index in [9.17, 15) is 13.2 Å². The summed E-state index contributed by atoms with van der Waals surface area (Å²) in [6, 6.07) is 8.51. The number of thioether (sulfide) groups is 2. The number of carbonyl (C=O) groups excluding carboxylic acids is 1. The molecule has 0 radical (unpaired) electrons. The molecule has 9 heteroatoms. The lowest BCUT2D eigenvalue weighted by atomic mass is 10.2. The summed E-state index contributed by atoms with van der Waals surface area (Å²) in [5, 5.41) is 0. The minimum atomic E-state index is -3.67. The Morgan fingerprint density at radius 1 is 1.25 bits per heavy atom. The molecule has 28 heavy (non-hydrogen) atoms. The Morgan fingerprint density at radius 2 is 2.04 bits per heavy atom. The molecule has 1 saturated heterocycles. The summed E-state index contributed by atoms with van der Waals surface area (Å²) < 4.78 is 33.2. The number of nitrogens with zero attached hydrogens (tertiary/aromatic N) is 1. The molecule has 0 spiro atoms. The predicted octanol–water partition coefficient (Wildman–Crippen LogP) is 3.45. The number of sulfonamides is 1. The van der Waals surface area contributed by atoms with Crippen LogP contribution in [0.15, 0.2) is 50.8 Å². The molecule has 1 aliphatic heterocycles. The van der Waals surface area contributed by atoms with Crippen LogP contribution in [0.4, 0.5) is 0 Å². The first-order valence-electron chi connectivity index (χ1n) is 9.08. The second-order valence-corrected chi connectivity index (χ2v) is 10.1. The monoisotopic (exact) mass is 440 g/mol. The summed E-state index contributed by atoms with van der Waals surface area (Å²) in [6.07, 6.45) is 5.50. The SMILES string of the molecule is CSc1ccc(S(=O)(=O)NCCSCc2ccco2)cc1C(=O)N1CCCC1. The lowest BCUT2D eigenvalue weighted by molar-refractivity contribution is 0.0789. The summed E-state index contributed by atoms with van der Waals surface area (Å²) >= 11 is 3.04. The largest absolute Gasteiger partial charge is 0.468 e. The fraction of sp³-hybridized carbons (Fsp3) is 0.421. The van der Waals surface area contributed by atoms with Crippen LogP contribution in [-0.4, -0.2) is 50.9 Å². The highest BCUT2D eigenvalue weighted by Crippen LogP contribution is 2.26. The topological polar surface area (TPSA) is 79.6 Å². The molecule has 2 heterocycles. The number of nitrogens with one attached hydrogen (secondary N) is 1. The molecule has 1 aromatic carbocycles. The lowest BCUT2D eigenvalue weighted by Gasteiger charge is -2.18. The average molecular weight is 441 g/mol. The van der Waals surface area contributed by atoms with E-state index in [4.69, 9.17) is 4.42 Å². The quantitative estimate of drug-likeness (QED) is 0.475. The summed E-state index contributed by atoms with van der Waals surface area (Å²) in [5.41, 5.74) is 0.462. The van der Waals surface area contributed by atoms with Gasteiger partial charge in [-0.25, -0.2) is 13.1 Å². The maximum atomic E-state index is 12.8. The van der Waals surface area contributed by atoms with Crippen molar-refractivity contribution < 1.29 is 17.6 Å². The number of amides is 1. The number of hydrogen-bond acceptors (Lipinski definition) is 6. The van der Waals surface area contributed by atoms with E-state index in [0.717, 1.165) is 36.6 Å². The maximum Gasteiger partial charge on any atom is 0.255 e. The van der Waals surface area contributed by atoms with E-state index in [1.807, 2.05) is 18.4 Å². The van der Waals surface area contributed by atoms with Crippen molar-refractivity contribution >= 4 is 39.5 Å². The van der Waals surface area contributed by atoms with E-state index in [1.165, 1.54) is 17.8 Å². The normalized spacial score (nSPS) is 14.5. The molecule has 0 atom stereocenters. The molecule has 0 bridgehead atoms. The Morgan fingerprint density at radius 3 is 2.71 bits per heavy atom. The van der Waals surface area contributed by atoms with Crippen LogP contribution >= 0.6 is 23.5 Å². The van der Waals surface area contributed by atoms with E-state index in [-0.39, 0.29) is 10.8 Å². The van der Waals surface area contributed by atoms with Gasteiger partial charge in [-0.15, -0.1) is 11.8 Å². The molecule has 0 aliphatic carbocycles. The first-order chi connectivity index (χ1) is 13.5. The number of likely N-dealkylation sites (tertiary alicyclic amines) is 1. The van der Waals surface area contributed by atoms with E-state index in [0.29, 0.717) is 23.6 Å². The first-order valence-corrected chi connectivity index (χ1v) is 12.9. The van der Waals surface area contributed by atoms with Crippen LogP contribution < -0.4 is 4.72 Å². The fourth-order valence-corrected chi connectivity index (χ4v) is 5.52. The number of hydrogen-bond donors (Lipinski definition) is 1. The molecule has 0 unspecified atom stereocenters. The van der Waals surface area contributed by atoms with E-state index < -0.39 is 10.0 Å². The zero-order valence-corrected chi connectivity index (χ0v) is 18.2. The second-order valence-electron chi connectivity index (χ2n) is 6.39. The minimum Gasteiger partial charge on any atom is -0.468 e. The van der Waals surface area contributed by atoms with Gasteiger partial charge in [0, 0.05) is 30.3 Å². The van der Waals surface area contributed by atoms with Crippen molar-refractivity contribution in [2.75, 3.05) is 31.6 Å². The van der Waals surface area contributed by atoms with Crippen molar-refractivity contribution in [2.24, 2.45) is 0 Å². The van der Waals surface area contributed by atoms with Crippen molar-refractivity contribution in [3.63, 3.8) is 0 Å². The highest BCUT2D eigenvalue weighted by Gasteiger charge is 2.24. The van der Waals surface area contributed by atoms with Crippen LogP contribution in [-0.2, 0) is 15.8 Å². The lowest BCUT2D eigenvalue weighted by Crippen LogP contribution is -2.29. The van der Waals surface area contributed by atoms with Crippen LogP contribution in [0, 0.1) is 0 Å². The minimum absolute atomic E-state index is 0.0899. The molecule has 1 amide bonds. The zero-order valence-electron chi connectivity index (χ0n) is 15.7. The van der Waals surface area contributed by atoms with Crippen molar-refractivity contribution in [2.45, 2.75) is 28.4 Å². The molecule has 0 saturated carbocycles. The maximum absolute atomic E-state index is 12.8. The zero-order chi connectivity index (χ0) is 20.0. The van der Waals surface area contributed by atoms with Crippen molar-refractivity contribution in [3.05, 3.63) is 47.9 Å². The number of carbonyl (C=O) groups is 1. The summed E-state index contributed by atoms with van der Waals surface area (Å²) in [7, 11) is -3.67. The van der Waals surface area contributed by atoms with Crippen LogP contribution in [0.2, 0.25) is 0 Å².